The third kappa shape index (κ3) is 2.96. The highest BCUT2D eigenvalue weighted by atomic mass is 79.9. The summed E-state index contributed by atoms with van der Waals surface area (Å²) in [7, 11) is 0. The molecular formula is C24H17BrN2O. The Labute approximate surface area is 171 Å². The van der Waals surface area contributed by atoms with Crippen molar-refractivity contribution in [1.82, 2.24) is 4.57 Å². The van der Waals surface area contributed by atoms with Gasteiger partial charge in [-0.2, -0.15) is 0 Å². The second kappa shape index (κ2) is 6.80. The Morgan fingerprint density at radius 2 is 1.75 bits per heavy atom. The number of rotatable bonds is 3. The quantitative estimate of drug-likeness (QED) is 0.402. The van der Waals surface area contributed by atoms with Gasteiger partial charge in [0.25, 0.3) is 5.91 Å². The molecule has 0 spiro atoms. The maximum absolute atomic E-state index is 12.5. The van der Waals surface area contributed by atoms with E-state index in [0.29, 0.717) is 5.57 Å². The minimum absolute atomic E-state index is 0.0554. The molecule has 0 atom stereocenters. The predicted octanol–water partition coefficient (Wildman–Crippen LogP) is 5.94. The predicted molar refractivity (Wildman–Crippen MR) is 118 cm³/mol. The fourth-order valence-electron chi connectivity index (χ4n) is 3.76. The molecule has 0 unspecified atom stereocenters. The van der Waals surface area contributed by atoms with Gasteiger partial charge in [0.1, 0.15) is 0 Å². The van der Waals surface area contributed by atoms with Crippen molar-refractivity contribution >= 4 is 50.1 Å². The highest BCUT2D eigenvalue weighted by Crippen LogP contribution is 2.35. The Hall–Kier alpha value is -3.11. The first-order valence-corrected chi connectivity index (χ1v) is 9.93. The van der Waals surface area contributed by atoms with Gasteiger partial charge in [-0.25, -0.2) is 0 Å². The van der Waals surface area contributed by atoms with Crippen molar-refractivity contribution in [1.29, 1.82) is 0 Å². The molecular weight excluding hydrogens is 412 g/mol. The number of carbonyl (C=O) groups is 1. The second-order valence-corrected chi connectivity index (χ2v) is 7.83. The molecule has 1 N–H and O–H groups in total. The first-order valence-electron chi connectivity index (χ1n) is 9.14. The maximum Gasteiger partial charge on any atom is 0.256 e. The molecule has 0 aliphatic carbocycles. The number of para-hydroxylation sites is 1. The zero-order valence-corrected chi connectivity index (χ0v) is 16.6. The van der Waals surface area contributed by atoms with Crippen LogP contribution in [0.3, 0.4) is 0 Å². The fourth-order valence-corrected chi connectivity index (χ4v) is 4.12. The Morgan fingerprint density at radius 1 is 0.964 bits per heavy atom. The highest BCUT2D eigenvalue weighted by Gasteiger charge is 2.24. The maximum atomic E-state index is 12.5. The monoisotopic (exact) mass is 428 g/mol. The molecule has 5 rings (SSSR count). The molecule has 4 heteroatoms. The van der Waals surface area contributed by atoms with Crippen molar-refractivity contribution in [2.75, 3.05) is 5.32 Å². The van der Waals surface area contributed by atoms with Gasteiger partial charge < -0.3 is 9.88 Å². The molecule has 136 valence electrons. The van der Waals surface area contributed by atoms with Crippen LogP contribution in [0.2, 0.25) is 0 Å². The molecule has 1 amide bonds. The van der Waals surface area contributed by atoms with Crippen molar-refractivity contribution in [3.8, 4) is 0 Å². The minimum atomic E-state index is -0.0554. The highest BCUT2D eigenvalue weighted by molar-refractivity contribution is 9.10. The SMILES string of the molecule is O=C1Nc2ccccc2/C1=C\c1cn(Cc2ccccc2)c2ccc(Br)cc12. The number of hydrogen-bond acceptors (Lipinski definition) is 1. The number of nitrogens with zero attached hydrogens (tertiary/aromatic N) is 1. The lowest BCUT2D eigenvalue weighted by molar-refractivity contribution is -0.110. The summed E-state index contributed by atoms with van der Waals surface area (Å²) in [6.07, 6.45) is 4.13. The van der Waals surface area contributed by atoms with Gasteiger partial charge in [-0.3, -0.25) is 4.79 Å². The molecule has 0 saturated heterocycles. The number of halogens is 1. The van der Waals surface area contributed by atoms with Crippen LogP contribution in [0.15, 0.2) is 83.5 Å². The van der Waals surface area contributed by atoms with E-state index in [2.05, 4.69) is 74.5 Å². The summed E-state index contributed by atoms with van der Waals surface area (Å²) in [5.41, 5.74) is 5.94. The molecule has 1 aromatic heterocycles. The summed E-state index contributed by atoms with van der Waals surface area (Å²) in [6, 6.07) is 24.5. The van der Waals surface area contributed by atoms with Crippen LogP contribution in [0, 0.1) is 0 Å². The number of carbonyl (C=O) groups excluding carboxylic acids is 1. The molecule has 1 aliphatic heterocycles. The zero-order chi connectivity index (χ0) is 19.1. The molecule has 2 heterocycles. The summed E-state index contributed by atoms with van der Waals surface area (Å²) < 4.78 is 3.26. The molecule has 3 aromatic carbocycles. The average molecular weight is 429 g/mol. The molecule has 3 nitrogen and oxygen atoms in total. The van der Waals surface area contributed by atoms with E-state index >= 15 is 0 Å². The van der Waals surface area contributed by atoms with E-state index < -0.39 is 0 Å². The molecule has 0 saturated carbocycles. The summed E-state index contributed by atoms with van der Waals surface area (Å²) in [5.74, 6) is -0.0554. The van der Waals surface area contributed by atoms with Gasteiger partial charge >= 0.3 is 0 Å². The first kappa shape index (κ1) is 17.0. The van der Waals surface area contributed by atoms with E-state index in [1.807, 2.05) is 36.4 Å². The molecule has 0 fully saturated rings. The fraction of sp³-hybridized carbons (Fsp3) is 0.0417. The summed E-state index contributed by atoms with van der Waals surface area (Å²) in [6.45, 7) is 0.783. The summed E-state index contributed by atoms with van der Waals surface area (Å²) in [4.78, 5) is 12.5. The first-order chi connectivity index (χ1) is 13.7. The van der Waals surface area contributed by atoms with Crippen LogP contribution in [0.25, 0.3) is 22.6 Å². The van der Waals surface area contributed by atoms with Crippen LogP contribution in [-0.4, -0.2) is 10.5 Å². The van der Waals surface area contributed by atoms with Crippen LogP contribution in [0.1, 0.15) is 16.7 Å². The Balaban J connectivity index is 1.66. The Morgan fingerprint density at radius 3 is 2.61 bits per heavy atom. The molecule has 4 aromatic rings. The number of amides is 1. The van der Waals surface area contributed by atoms with Crippen LogP contribution in [-0.2, 0) is 11.3 Å². The third-order valence-electron chi connectivity index (χ3n) is 5.08. The van der Waals surface area contributed by atoms with Gasteiger partial charge in [-0.1, -0.05) is 64.5 Å². The normalized spacial score (nSPS) is 14.5. The van der Waals surface area contributed by atoms with Gasteiger partial charge in [0, 0.05) is 50.5 Å². The van der Waals surface area contributed by atoms with Crippen LogP contribution in [0.5, 0.6) is 0 Å². The van der Waals surface area contributed by atoms with Crippen LogP contribution in [0.4, 0.5) is 5.69 Å². The van der Waals surface area contributed by atoms with Crippen molar-refractivity contribution in [3.05, 3.63) is 100 Å². The smallest absolute Gasteiger partial charge is 0.256 e. The third-order valence-corrected chi connectivity index (χ3v) is 5.57. The van der Waals surface area contributed by atoms with E-state index in [1.54, 1.807) is 0 Å². The molecule has 1 aliphatic rings. The number of benzene rings is 3. The van der Waals surface area contributed by atoms with Crippen LogP contribution >= 0.6 is 15.9 Å². The largest absolute Gasteiger partial charge is 0.342 e. The lowest BCUT2D eigenvalue weighted by atomic mass is 10.0. The summed E-state index contributed by atoms with van der Waals surface area (Å²) in [5, 5.41) is 4.07. The number of anilines is 1. The Bertz CT molecular complexity index is 1240. The van der Waals surface area contributed by atoms with E-state index in [-0.39, 0.29) is 5.91 Å². The Kier molecular flexibility index (Phi) is 4.14. The van der Waals surface area contributed by atoms with Gasteiger partial charge in [0.2, 0.25) is 0 Å². The van der Waals surface area contributed by atoms with Gasteiger partial charge in [0.15, 0.2) is 0 Å². The van der Waals surface area contributed by atoms with Gasteiger partial charge in [0.05, 0.1) is 0 Å². The average Bonchev–Trinajstić information content (AvgIpc) is 3.20. The molecule has 28 heavy (non-hydrogen) atoms. The second-order valence-electron chi connectivity index (χ2n) is 6.92. The number of aromatic nitrogens is 1. The lowest BCUT2D eigenvalue weighted by Crippen LogP contribution is -2.03. The topological polar surface area (TPSA) is 34.0 Å². The molecule has 0 radical (unpaired) electrons. The van der Waals surface area contributed by atoms with Crippen molar-refractivity contribution in [3.63, 3.8) is 0 Å². The zero-order valence-electron chi connectivity index (χ0n) is 15.0. The van der Waals surface area contributed by atoms with Crippen molar-refractivity contribution in [2.45, 2.75) is 6.54 Å². The molecule has 0 bridgehead atoms. The van der Waals surface area contributed by atoms with Gasteiger partial charge in [-0.15, -0.1) is 0 Å². The lowest BCUT2D eigenvalue weighted by Gasteiger charge is -2.05. The standard InChI is InChI=1S/C24H17BrN2O/c25-18-10-11-23-20(13-18)17(15-27(23)14-16-6-2-1-3-7-16)12-21-19-8-4-5-9-22(19)26-24(21)28/h1-13,15H,14H2,(H,26,28)/b21-12+. The van der Waals surface area contributed by atoms with E-state index in [0.717, 1.165) is 38.7 Å². The van der Waals surface area contributed by atoms with Gasteiger partial charge in [-0.05, 0) is 35.9 Å². The van der Waals surface area contributed by atoms with Crippen LogP contribution < -0.4 is 5.32 Å². The van der Waals surface area contributed by atoms with E-state index in [9.17, 15) is 4.79 Å². The van der Waals surface area contributed by atoms with E-state index in [1.165, 1.54) is 5.56 Å². The number of nitrogens with one attached hydrogen (secondary N) is 1. The van der Waals surface area contributed by atoms with Crippen molar-refractivity contribution < 1.29 is 4.79 Å². The minimum Gasteiger partial charge on any atom is -0.342 e. The number of fused-ring (bicyclic) bond motifs is 2. The van der Waals surface area contributed by atoms with E-state index in [4.69, 9.17) is 0 Å². The number of hydrogen-bond donors (Lipinski definition) is 1. The van der Waals surface area contributed by atoms with Crippen molar-refractivity contribution in [2.24, 2.45) is 0 Å². The summed E-state index contributed by atoms with van der Waals surface area (Å²) >= 11 is 3.58.